The van der Waals surface area contributed by atoms with Crippen LogP contribution in [0.1, 0.15) is 37.0 Å². The van der Waals surface area contributed by atoms with Gasteiger partial charge in [-0.1, -0.05) is 0 Å². The van der Waals surface area contributed by atoms with Gasteiger partial charge in [0, 0.05) is 47.9 Å². The Morgan fingerprint density at radius 2 is 1.82 bits per heavy atom. The van der Waals surface area contributed by atoms with E-state index in [0.29, 0.717) is 22.4 Å². The third-order valence-corrected chi connectivity index (χ3v) is 5.58. The predicted octanol–water partition coefficient (Wildman–Crippen LogP) is 5.64. The minimum Gasteiger partial charge on any atom is -0.491 e. The van der Waals surface area contributed by atoms with E-state index in [2.05, 4.69) is 15.3 Å². The fourth-order valence-corrected chi connectivity index (χ4v) is 3.60. The van der Waals surface area contributed by atoms with Gasteiger partial charge in [-0.15, -0.1) is 0 Å². The van der Waals surface area contributed by atoms with E-state index >= 15 is 0 Å². The number of benzene rings is 2. The molecule has 0 atom stereocenters. The number of ether oxygens (including phenoxy) is 3. The average molecular weight is 522 g/mol. The third kappa shape index (κ3) is 5.97. The van der Waals surface area contributed by atoms with E-state index < -0.39 is 28.9 Å². The Bertz CT molecular complexity index is 1480. The summed E-state index contributed by atoms with van der Waals surface area (Å²) in [6.45, 7) is 3.32. The van der Waals surface area contributed by atoms with Crippen LogP contribution in [-0.2, 0) is 0 Å². The zero-order chi connectivity index (χ0) is 26.9. The van der Waals surface area contributed by atoms with E-state index in [4.69, 9.17) is 14.2 Å². The van der Waals surface area contributed by atoms with Crippen LogP contribution in [0, 0.1) is 11.6 Å². The minimum atomic E-state index is -1.02. The average Bonchev–Trinajstić information content (AvgIpc) is 3.69. The second-order valence-corrected chi connectivity index (χ2v) is 9.60. The lowest BCUT2D eigenvalue weighted by Gasteiger charge is -2.18. The predicted molar refractivity (Wildman–Crippen MR) is 136 cm³/mol. The standard InChI is InChI=1S/C28H25F2N3O5/c1-28(2,35)15-36-18-5-6-19-23(13-18)32-10-8-24(19)38-26-21(29)11-16(12-22(26)30)33-27(34)20-14-31-9-7-25(20)37-17-3-4-17/h5-14,17,35H,3-4,15H2,1-2H3,(H,33,34). The van der Waals surface area contributed by atoms with Gasteiger partial charge in [0.15, 0.2) is 17.4 Å². The number of carbonyl (C=O) groups is 1. The first kappa shape index (κ1) is 25.3. The van der Waals surface area contributed by atoms with Crippen LogP contribution in [-0.4, -0.2) is 39.3 Å². The summed E-state index contributed by atoms with van der Waals surface area (Å²) in [6, 6.07) is 9.94. The molecule has 0 saturated heterocycles. The molecule has 10 heteroatoms. The van der Waals surface area contributed by atoms with Crippen molar-refractivity contribution < 1.29 is 32.9 Å². The lowest BCUT2D eigenvalue weighted by Crippen LogP contribution is -2.27. The first-order chi connectivity index (χ1) is 18.2. The molecule has 2 aromatic carbocycles. The number of hydrogen-bond acceptors (Lipinski definition) is 7. The van der Waals surface area contributed by atoms with Gasteiger partial charge in [0.05, 0.1) is 22.8 Å². The van der Waals surface area contributed by atoms with E-state index in [1.165, 1.54) is 24.7 Å². The van der Waals surface area contributed by atoms with Gasteiger partial charge in [0.25, 0.3) is 5.91 Å². The van der Waals surface area contributed by atoms with Crippen LogP contribution in [0.25, 0.3) is 10.9 Å². The lowest BCUT2D eigenvalue weighted by atomic mass is 10.1. The van der Waals surface area contributed by atoms with Crippen molar-refractivity contribution >= 4 is 22.5 Å². The zero-order valence-electron chi connectivity index (χ0n) is 20.7. The summed E-state index contributed by atoms with van der Waals surface area (Å²) >= 11 is 0. The van der Waals surface area contributed by atoms with Crippen LogP contribution in [0.4, 0.5) is 14.5 Å². The molecule has 1 aliphatic rings. The first-order valence-electron chi connectivity index (χ1n) is 12.0. The number of rotatable bonds is 9. The number of amides is 1. The molecule has 0 aliphatic heterocycles. The zero-order valence-corrected chi connectivity index (χ0v) is 20.7. The highest BCUT2D eigenvalue weighted by molar-refractivity contribution is 6.06. The van der Waals surface area contributed by atoms with Crippen molar-refractivity contribution in [1.82, 2.24) is 9.97 Å². The van der Waals surface area contributed by atoms with Gasteiger partial charge in [-0.25, -0.2) is 8.78 Å². The molecule has 196 valence electrons. The van der Waals surface area contributed by atoms with E-state index in [1.807, 2.05) is 0 Å². The topological polar surface area (TPSA) is 103 Å². The Balaban J connectivity index is 1.34. The maximum absolute atomic E-state index is 15.0. The highest BCUT2D eigenvalue weighted by Crippen LogP contribution is 2.35. The lowest BCUT2D eigenvalue weighted by molar-refractivity contribution is 0.0285. The highest BCUT2D eigenvalue weighted by Gasteiger charge is 2.26. The monoisotopic (exact) mass is 521 g/mol. The summed E-state index contributed by atoms with van der Waals surface area (Å²) in [4.78, 5) is 21.0. The molecule has 2 heterocycles. The second-order valence-electron chi connectivity index (χ2n) is 9.60. The van der Waals surface area contributed by atoms with Crippen LogP contribution in [0.3, 0.4) is 0 Å². The van der Waals surface area contributed by atoms with Gasteiger partial charge >= 0.3 is 0 Å². The molecule has 2 N–H and O–H groups in total. The molecule has 8 nitrogen and oxygen atoms in total. The third-order valence-electron chi connectivity index (χ3n) is 5.58. The number of carbonyl (C=O) groups excluding carboxylic acids is 1. The normalized spacial score (nSPS) is 13.3. The number of nitrogens with zero attached hydrogens (tertiary/aromatic N) is 2. The molecule has 0 bridgehead atoms. The number of fused-ring (bicyclic) bond motifs is 1. The molecular weight excluding hydrogens is 496 g/mol. The Labute approximate surface area is 217 Å². The number of aromatic nitrogens is 2. The van der Waals surface area contributed by atoms with Gasteiger partial charge in [0.1, 0.15) is 23.9 Å². The molecule has 5 rings (SSSR count). The van der Waals surface area contributed by atoms with Crippen molar-refractivity contribution in [3.05, 3.63) is 78.3 Å². The van der Waals surface area contributed by atoms with Crippen molar-refractivity contribution in [2.75, 3.05) is 11.9 Å². The molecule has 38 heavy (non-hydrogen) atoms. The van der Waals surface area contributed by atoms with Crippen molar-refractivity contribution in [3.63, 3.8) is 0 Å². The van der Waals surface area contributed by atoms with Gasteiger partial charge in [0.2, 0.25) is 0 Å². The van der Waals surface area contributed by atoms with Crippen molar-refractivity contribution in [2.45, 2.75) is 38.4 Å². The number of hydrogen-bond donors (Lipinski definition) is 2. The highest BCUT2D eigenvalue weighted by atomic mass is 19.1. The van der Waals surface area contributed by atoms with Crippen molar-refractivity contribution in [1.29, 1.82) is 0 Å². The first-order valence-corrected chi connectivity index (χ1v) is 12.0. The number of pyridine rings is 2. The van der Waals surface area contributed by atoms with Crippen molar-refractivity contribution in [2.24, 2.45) is 0 Å². The fourth-order valence-electron chi connectivity index (χ4n) is 3.60. The van der Waals surface area contributed by atoms with E-state index in [1.54, 1.807) is 38.1 Å². The van der Waals surface area contributed by atoms with Gasteiger partial charge in [-0.3, -0.25) is 14.8 Å². The molecule has 1 amide bonds. The van der Waals surface area contributed by atoms with E-state index in [-0.39, 0.29) is 29.7 Å². The Morgan fingerprint density at radius 1 is 1.08 bits per heavy atom. The smallest absolute Gasteiger partial charge is 0.261 e. The number of halogens is 2. The molecule has 1 aliphatic carbocycles. The van der Waals surface area contributed by atoms with Crippen LogP contribution in [0.5, 0.6) is 23.0 Å². The second kappa shape index (κ2) is 10.2. The van der Waals surface area contributed by atoms with Crippen LogP contribution >= 0.6 is 0 Å². The number of nitrogens with one attached hydrogen (secondary N) is 1. The summed E-state index contributed by atoms with van der Waals surface area (Å²) < 4.78 is 46.9. The van der Waals surface area contributed by atoms with Crippen LogP contribution in [0.2, 0.25) is 0 Å². The van der Waals surface area contributed by atoms with Crippen LogP contribution < -0.4 is 19.5 Å². The largest absolute Gasteiger partial charge is 0.491 e. The molecule has 1 fully saturated rings. The summed E-state index contributed by atoms with van der Waals surface area (Å²) in [7, 11) is 0. The summed E-state index contributed by atoms with van der Waals surface area (Å²) in [5.74, 6) is -2.23. The SMILES string of the molecule is CC(C)(O)COc1ccc2c(Oc3c(F)cc(NC(=O)c4cnccc4OC4CC4)cc3F)ccnc2c1. The number of anilines is 1. The fraction of sp³-hybridized carbons (Fsp3) is 0.250. The molecule has 0 radical (unpaired) electrons. The maximum atomic E-state index is 15.0. The Kier molecular flexibility index (Phi) is 6.81. The molecule has 0 spiro atoms. The van der Waals surface area contributed by atoms with E-state index in [0.717, 1.165) is 25.0 Å². The van der Waals surface area contributed by atoms with Crippen molar-refractivity contribution in [3.8, 4) is 23.0 Å². The quantitative estimate of drug-likeness (QED) is 0.294. The van der Waals surface area contributed by atoms with Crippen LogP contribution in [0.15, 0.2) is 61.1 Å². The Morgan fingerprint density at radius 3 is 2.53 bits per heavy atom. The summed E-state index contributed by atoms with van der Waals surface area (Å²) in [5.41, 5.74) is -0.471. The maximum Gasteiger partial charge on any atom is 0.261 e. The minimum absolute atomic E-state index is 0.0614. The molecule has 2 aromatic heterocycles. The van der Waals surface area contributed by atoms with Gasteiger partial charge in [-0.2, -0.15) is 0 Å². The summed E-state index contributed by atoms with van der Waals surface area (Å²) in [6.07, 6.45) is 6.17. The van der Waals surface area contributed by atoms with Gasteiger partial charge < -0.3 is 24.6 Å². The molecule has 4 aromatic rings. The Hall–Kier alpha value is -4.31. The molecule has 1 saturated carbocycles. The summed E-state index contributed by atoms with van der Waals surface area (Å²) in [5, 5.41) is 12.8. The van der Waals surface area contributed by atoms with E-state index in [9.17, 15) is 18.7 Å². The molecular formula is C28H25F2N3O5. The number of aliphatic hydroxyl groups is 1. The molecule has 0 unspecified atom stereocenters. The van der Waals surface area contributed by atoms with Gasteiger partial charge in [-0.05, 0) is 51.0 Å².